The van der Waals surface area contributed by atoms with Crippen LogP contribution in [-0.2, 0) is 0 Å². The Morgan fingerprint density at radius 2 is 2.00 bits per heavy atom. The summed E-state index contributed by atoms with van der Waals surface area (Å²) in [4.78, 5) is 18.7. The van der Waals surface area contributed by atoms with Gasteiger partial charge in [-0.3, -0.25) is 9.78 Å². The number of nitrogens with zero attached hydrogens (tertiary/aromatic N) is 2. The van der Waals surface area contributed by atoms with E-state index in [4.69, 9.17) is 11.6 Å². The Balaban J connectivity index is 2.99. The molecule has 0 saturated heterocycles. The Morgan fingerprint density at radius 3 is 2.47 bits per heavy atom. The molecule has 1 aromatic rings. The maximum atomic E-state index is 12.6. The molecule has 1 rings (SSSR count). The quantitative estimate of drug-likeness (QED) is 0.789. The molecule has 0 bridgehead atoms. The molecule has 0 aliphatic carbocycles. The Bertz CT molecular complexity index is 416. The average Bonchev–Trinajstić information content (AvgIpc) is 2.37. The minimum absolute atomic E-state index is 0.0232. The summed E-state index contributed by atoms with van der Waals surface area (Å²) in [6.45, 7) is 9.21. The van der Waals surface area contributed by atoms with Gasteiger partial charge in [-0.05, 0) is 30.9 Å². The van der Waals surface area contributed by atoms with Crippen molar-refractivity contribution in [1.82, 2.24) is 9.88 Å². The van der Waals surface area contributed by atoms with E-state index in [1.807, 2.05) is 4.90 Å². The first kappa shape index (κ1) is 16.0. The topological polar surface area (TPSA) is 33.2 Å². The van der Waals surface area contributed by atoms with Crippen LogP contribution < -0.4 is 0 Å². The summed E-state index contributed by atoms with van der Waals surface area (Å²) in [6, 6.07) is 3.58. The molecule has 106 valence electrons. The number of hydrogen-bond acceptors (Lipinski definition) is 2. The van der Waals surface area contributed by atoms with E-state index in [1.54, 1.807) is 18.3 Å². The van der Waals surface area contributed by atoms with Crippen molar-refractivity contribution in [1.29, 1.82) is 0 Å². The molecule has 3 nitrogen and oxygen atoms in total. The molecule has 4 heteroatoms. The van der Waals surface area contributed by atoms with E-state index in [0.717, 1.165) is 19.4 Å². The lowest BCUT2D eigenvalue weighted by Gasteiger charge is -2.31. The van der Waals surface area contributed by atoms with Gasteiger partial charge in [-0.1, -0.05) is 39.3 Å². The molecular formula is C15H23ClN2O. The second kappa shape index (κ2) is 7.49. The van der Waals surface area contributed by atoms with E-state index in [1.165, 1.54) is 0 Å². The largest absolute Gasteiger partial charge is 0.334 e. The lowest BCUT2D eigenvalue weighted by Crippen LogP contribution is -2.42. The number of pyridine rings is 1. The highest BCUT2D eigenvalue weighted by Gasteiger charge is 2.24. The average molecular weight is 283 g/mol. The van der Waals surface area contributed by atoms with E-state index >= 15 is 0 Å². The second-order valence-electron chi connectivity index (χ2n) is 5.18. The standard InChI is InChI=1S/C15H23ClN2O/c1-5-13(6-2)18(10-11(3)4)15(19)14-9-12(16)7-8-17-14/h7-9,11,13H,5-6,10H2,1-4H3. The number of rotatable bonds is 6. The molecule has 1 amide bonds. The molecule has 0 aliphatic heterocycles. The summed E-state index contributed by atoms with van der Waals surface area (Å²) in [5.41, 5.74) is 0.431. The highest BCUT2D eigenvalue weighted by Crippen LogP contribution is 2.16. The van der Waals surface area contributed by atoms with Gasteiger partial charge in [0.05, 0.1) is 0 Å². The number of aromatic nitrogens is 1. The van der Waals surface area contributed by atoms with Gasteiger partial charge in [0.15, 0.2) is 0 Å². The molecular weight excluding hydrogens is 260 g/mol. The fourth-order valence-electron chi connectivity index (χ4n) is 2.19. The molecule has 0 unspecified atom stereocenters. The predicted molar refractivity (Wildman–Crippen MR) is 79.5 cm³/mol. The van der Waals surface area contributed by atoms with Crippen molar-refractivity contribution in [3.63, 3.8) is 0 Å². The minimum atomic E-state index is -0.0232. The molecule has 1 aromatic heterocycles. The lowest BCUT2D eigenvalue weighted by atomic mass is 10.1. The van der Waals surface area contributed by atoms with Crippen LogP contribution in [0, 0.1) is 5.92 Å². The Labute approximate surface area is 121 Å². The molecule has 0 aromatic carbocycles. The summed E-state index contributed by atoms with van der Waals surface area (Å²) in [5.74, 6) is 0.411. The molecule has 19 heavy (non-hydrogen) atoms. The van der Waals surface area contributed by atoms with Crippen molar-refractivity contribution in [3.05, 3.63) is 29.0 Å². The van der Waals surface area contributed by atoms with Crippen molar-refractivity contribution in [2.75, 3.05) is 6.54 Å². The normalized spacial score (nSPS) is 11.1. The molecule has 0 fully saturated rings. The van der Waals surface area contributed by atoms with E-state index in [0.29, 0.717) is 16.6 Å². The van der Waals surface area contributed by atoms with Crippen molar-refractivity contribution >= 4 is 17.5 Å². The van der Waals surface area contributed by atoms with Crippen LogP contribution in [0.4, 0.5) is 0 Å². The molecule has 0 atom stereocenters. The van der Waals surface area contributed by atoms with Crippen molar-refractivity contribution in [2.24, 2.45) is 5.92 Å². The summed E-state index contributed by atoms with van der Waals surface area (Å²) in [7, 11) is 0. The number of carbonyl (C=O) groups excluding carboxylic acids is 1. The zero-order valence-corrected chi connectivity index (χ0v) is 12.9. The van der Waals surface area contributed by atoms with Crippen LogP contribution in [0.1, 0.15) is 51.0 Å². The van der Waals surface area contributed by atoms with Crippen molar-refractivity contribution < 1.29 is 4.79 Å². The van der Waals surface area contributed by atoms with Gasteiger partial charge in [0.2, 0.25) is 0 Å². The Kier molecular flexibility index (Phi) is 6.29. The van der Waals surface area contributed by atoms with Crippen LogP contribution >= 0.6 is 11.6 Å². The summed E-state index contributed by atoms with van der Waals surface area (Å²) in [5, 5.41) is 0.549. The van der Waals surface area contributed by atoms with Crippen LogP contribution in [-0.4, -0.2) is 28.4 Å². The molecule has 0 radical (unpaired) electrons. The first-order valence-electron chi connectivity index (χ1n) is 6.92. The van der Waals surface area contributed by atoms with Crippen LogP contribution in [0.5, 0.6) is 0 Å². The first-order valence-corrected chi connectivity index (χ1v) is 7.29. The minimum Gasteiger partial charge on any atom is -0.334 e. The van der Waals surface area contributed by atoms with Gasteiger partial charge in [0, 0.05) is 23.8 Å². The van der Waals surface area contributed by atoms with E-state index in [-0.39, 0.29) is 11.9 Å². The smallest absolute Gasteiger partial charge is 0.272 e. The molecule has 0 spiro atoms. The Hall–Kier alpha value is -1.09. The van der Waals surface area contributed by atoms with E-state index in [9.17, 15) is 4.79 Å². The third-order valence-electron chi connectivity index (χ3n) is 3.15. The van der Waals surface area contributed by atoms with Gasteiger partial charge in [0.1, 0.15) is 5.69 Å². The Morgan fingerprint density at radius 1 is 1.37 bits per heavy atom. The van der Waals surface area contributed by atoms with Gasteiger partial charge < -0.3 is 4.90 Å². The molecule has 0 N–H and O–H groups in total. The van der Waals surface area contributed by atoms with E-state index in [2.05, 4.69) is 32.7 Å². The SMILES string of the molecule is CCC(CC)N(CC(C)C)C(=O)c1cc(Cl)ccn1. The van der Waals surface area contributed by atoms with Crippen LogP contribution in [0.3, 0.4) is 0 Å². The fourth-order valence-corrected chi connectivity index (χ4v) is 2.35. The van der Waals surface area contributed by atoms with Crippen LogP contribution in [0.15, 0.2) is 18.3 Å². The zero-order valence-electron chi connectivity index (χ0n) is 12.2. The van der Waals surface area contributed by atoms with Gasteiger partial charge in [-0.25, -0.2) is 0 Å². The maximum absolute atomic E-state index is 12.6. The van der Waals surface area contributed by atoms with Crippen LogP contribution in [0.2, 0.25) is 5.02 Å². The van der Waals surface area contributed by atoms with E-state index < -0.39 is 0 Å². The molecule has 0 aliphatic rings. The monoisotopic (exact) mass is 282 g/mol. The highest BCUT2D eigenvalue weighted by molar-refractivity contribution is 6.30. The fraction of sp³-hybridized carbons (Fsp3) is 0.600. The zero-order chi connectivity index (χ0) is 14.4. The second-order valence-corrected chi connectivity index (χ2v) is 5.62. The summed E-state index contributed by atoms with van der Waals surface area (Å²) in [6.07, 6.45) is 3.49. The summed E-state index contributed by atoms with van der Waals surface area (Å²) >= 11 is 5.94. The number of hydrogen-bond donors (Lipinski definition) is 0. The third kappa shape index (κ3) is 4.50. The first-order chi connectivity index (χ1) is 8.99. The van der Waals surface area contributed by atoms with Crippen LogP contribution in [0.25, 0.3) is 0 Å². The highest BCUT2D eigenvalue weighted by atomic mass is 35.5. The lowest BCUT2D eigenvalue weighted by molar-refractivity contribution is 0.0634. The maximum Gasteiger partial charge on any atom is 0.272 e. The molecule has 0 saturated carbocycles. The van der Waals surface area contributed by atoms with Gasteiger partial charge in [-0.2, -0.15) is 0 Å². The number of halogens is 1. The van der Waals surface area contributed by atoms with Gasteiger partial charge >= 0.3 is 0 Å². The van der Waals surface area contributed by atoms with Crippen molar-refractivity contribution in [3.8, 4) is 0 Å². The van der Waals surface area contributed by atoms with Crippen molar-refractivity contribution in [2.45, 2.75) is 46.6 Å². The van der Waals surface area contributed by atoms with Gasteiger partial charge in [-0.15, -0.1) is 0 Å². The number of amides is 1. The molecule has 1 heterocycles. The summed E-state index contributed by atoms with van der Waals surface area (Å²) < 4.78 is 0. The predicted octanol–water partition coefficient (Wildman–Crippen LogP) is 4.02. The third-order valence-corrected chi connectivity index (χ3v) is 3.38. The van der Waals surface area contributed by atoms with Gasteiger partial charge in [0.25, 0.3) is 5.91 Å². The number of carbonyl (C=O) groups is 1.